The lowest BCUT2D eigenvalue weighted by atomic mass is 10.1. The number of hydrogen-bond donors (Lipinski definition) is 1. The maximum absolute atomic E-state index is 12.9. The predicted molar refractivity (Wildman–Crippen MR) is 126 cm³/mol. The Balaban J connectivity index is 1.54. The van der Waals surface area contributed by atoms with E-state index >= 15 is 0 Å². The number of aromatic nitrogens is 2. The topological polar surface area (TPSA) is 64.3 Å². The molecule has 1 aliphatic rings. The number of alkyl halides is 3. The number of ether oxygens (including phenoxy) is 1. The second kappa shape index (κ2) is 8.92. The zero-order valence-electron chi connectivity index (χ0n) is 18.3. The number of carboxylic acid groups (broad SMARTS) is 1. The van der Waals surface area contributed by atoms with Gasteiger partial charge in [0.25, 0.3) is 0 Å². The molecule has 1 saturated carbocycles. The molecule has 2 heterocycles. The number of fused-ring (bicyclic) bond motifs is 1. The van der Waals surface area contributed by atoms with Gasteiger partial charge in [0, 0.05) is 22.8 Å². The third-order valence-electron chi connectivity index (χ3n) is 6.19. The van der Waals surface area contributed by atoms with Crippen molar-refractivity contribution < 1.29 is 27.8 Å². The van der Waals surface area contributed by atoms with Crippen LogP contribution < -0.4 is 4.74 Å². The summed E-state index contributed by atoms with van der Waals surface area (Å²) in [6, 6.07) is 14.4. The maximum atomic E-state index is 12.9. The van der Waals surface area contributed by atoms with E-state index in [0.29, 0.717) is 27.8 Å². The minimum atomic E-state index is -4.48. The Hall–Kier alpha value is -3.52. The van der Waals surface area contributed by atoms with Crippen molar-refractivity contribution in [3.63, 3.8) is 0 Å². The molecule has 5 nitrogen and oxygen atoms in total. The highest BCUT2D eigenvalue weighted by atomic mass is 35.5. The van der Waals surface area contributed by atoms with Gasteiger partial charge in [0.15, 0.2) is 5.69 Å². The number of rotatable bonds is 5. The lowest BCUT2D eigenvalue weighted by Gasteiger charge is -2.14. The molecule has 0 radical (unpaired) electrons. The van der Waals surface area contributed by atoms with Gasteiger partial charge in [0.2, 0.25) is 0 Å². The molecule has 5 rings (SSSR count). The summed E-state index contributed by atoms with van der Waals surface area (Å²) >= 11 is 6.50. The number of carboxylic acids is 1. The number of halogens is 4. The molecule has 0 saturated heterocycles. The van der Waals surface area contributed by atoms with Crippen molar-refractivity contribution in [3.05, 3.63) is 77.1 Å². The predicted octanol–water partition coefficient (Wildman–Crippen LogP) is 7.38. The largest absolute Gasteiger partial charge is 0.490 e. The number of pyridine rings is 1. The summed E-state index contributed by atoms with van der Waals surface area (Å²) in [5.41, 5.74) is 1.02. The fourth-order valence-corrected chi connectivity index (χ4v) is 4.79. The van der Waals surface area contributed by atoms with Gasteiger partial charge in [0.05, 0.1) is 27.9 Å². The second-order valence-corrected chi connectivity index (χ2v) is 8.86. The van der Waals surface area contributed by atoms with Gasteiger partial charge in [-0.2, -0.15) is 13.2 Å². The van der Waals surface area contributed by atoms with E-state index < -0.39 is 17.7 Å². The van der Waals surface area contributed by atoms with Gasteiger partial charge in [-0.25, -0.2) is 4.79 Å². The molecule has 2 aromatic heterocycles. The first-order valence-electron chi connectivity index (χ1n) is 11.1. The summed E-state index contributed by atoms with van der Waals surface area (Å²) in [5.74, 6) is -0.484. The van der Waals surface area contributed by atoms with Crippen LogP contribution in [0.5, 0.6) is 5.75 Å². The lowest BCUT2D eigenvalue weighted by molar-refractivity contribution is -0.137. The molecule has 0 aliphatic heterocycles. The molecule has 180 valence electrons. The molecule has 9 heteroatoms. The van der Waals surface area contributed by atoms with Gasteiger partial charge >= 0.3 is 12.1 Å². The highest BCUT2D eigenvalue weighted by Crippen LogP contribution is 2.37. The van der Waals surface area contributed by atoms with E-state index in [-0.39, 0.29) is 16.8 Å². The molecular weight excluding hydrogens is 481 g/mol. The third kappa shape index (κ3) is 4.46. The summed E-state index contributed by atoms with van der Waals surface area (Å²) in [7, 11) is 0. The van der Waals surface area contributed by atoms with E-state index in [1.165, 1.54) is 6.07 Å². The molecule has 1 N–H and O–H groups in total. The molecule has 2 aromatic carbocycles. The molecule has 0 bridgehead atoms. The van der Waals surface area contributed by atoms with Crippen molar-refractivity contribution in [2.75, 3.05) is 0 Å². The molecule has 0 spiro atoms. The summed E-state index contributed by atoms with van der Waals surface area (Å²) < 4.78 is 46.2. The van der Waals surface area contributed by atoms with Crippen molar-refractivity contribution in [2.24, 2.45) is 0 Å². The van der Waals surface area contributed by atoms with Gasteiger partial charge in [-0.05, 0) is 74.2 Å². The summed E-state index contributed by atoms with van der Waals surface area (Å²) in [5, 5.41) is 10.4. The molecule has 1 fully saturated rings. The first-order chi connectivity index (χ1) is 16.7. The zero-order chi connectivity index (χ0) is 24.7. The van der Waals surface area contributed by atoms with Crippen LogP contribution in [0.2, 0.25) is 5.02 Å². The Bertz CT molecular complexity index is 1390. The van der Waals surface area contributed by atoms with Crippen LogP contribution in [0.4, 0.5) is 13.2 Å². The summed E-state index contributed by atoms with van der Waals surface area (Å²) in [4.78, 5) is 16.0. The Labute approximate surface area is 203 Å². The minimum absolute atomic E-state index is 0.0348. The Morgan fingerprint density at radius 2 is 1.77 bits per heavy atom. The van der Waals surface area contributed by atoms with Gasteiger partial charge < -0.3 is 14.4 Å². The van der Waals surface area contributed by atoms with Crippen LogP contribution in [0.3, 0.4) is 0 Å². The zero-order valence-corrected chi connectivity index (χ0v) is 19.1. The van der Waals surface area contributed by atoms with E-state index in [9.17, 15) is 23.1 Å². The van der Waals surface area contributed by atoms with Gasteiger partial charge in [-0.15, -0.1) is 0 Å². The Morgan fingerprint density at radius 3 is 2.37 bits per heavy atom. The molecule has 0 amide bonds. The van der Waals surface area contributed by atoms with Crippen molar-refractivity contribution in [1.82, 2.24) is 9.55 Å². The van der Waals surface area contributed by atoms with E-state index in [1.807, 2.05) is 0 Å². The van der Waals surface area contributed by atoms with E-state index in [1.54, 1.807) is 47.0 Å². The van der Waals surface area contributed by atoms with E-state index in [4.69, 9.17) is 16.3 Å². The van der Waals surface area contributed by atoms with Crippen LogP contribution in [-0.4, -0.2) is 26.7 Å². The van der Waals surface area contributed by atoms with Crippen LogP contribution in [0, 0.1) is 0 Å². The molecule has 0 atom stereocenters. The summed E-state index contributed by atoms with van der Waals surface area (Å²) in [6.07, 6.45) is 0.853. The number of nitrogens with zero attached hydrogens (tertiary/aromatic N) is 2. The molecular formula is C26H20ClF3N2O3. The van der Waals surface area contributed by atoms with Crippen molar-refractivity contribution >= 4 is 28.5 Å². The first kappa shape index (κ1) is 23.2. The Morgan fingerprint density at radius 1 is 1.06 bits per heavy atom. The average Bonchev–Trinajstić information content (AvgIpc) is 3.45. The van der Waals surface area contributed by atoms with Crippen LogP contribution in [0.1, 0.15) is 41.7 Å². The minimum Gasteiger partial charge on any atom is -0.490 e. The average molecular weight is 501 g/mol. The normalized spacial score (nSPS) is 14.5. The number of hydrogen-bond acceptors (Lipinski definition) is 3. The van der Waals surface area contributed by atoms with E-state index in [2.05, 4.69) is 4.98 Å². The van der Waals surface area contributed by atoms with Gasteiger partial charge in [-0.3, -0.25) is 4.98 Å². The number of benzene rings is 2. The van der Waals surface area contributed by atoms with Crippen molar-refractivity contribution in [2.45, 2.75) is 38.0 Å². The van der Waals surface area contributed by atoms with Gasteiger partial charge in [-0.1, -0.05) is 17.7 Å². The summed E-state index contributed by atoms with van der Waals surface area (Å²) in [6.45, 7) is 0. The number of aromatic carboxylic acids is 1. The second-order valence-electron chi connectivity index (χ2n) is 8.48. The standard InChI is InChI=1S/C26H20ClF3N2O3/c27-23-20-13-15(21-11-6-16(14-31-21)26(28,29)30)5-12-22(20)32(24(23)25(33)34)17-7-9-19(10-8-17)35-18-3-1-2-4-18/h5-14,18H,1-4H2,(H,33,34). The fraction of sp³-hybridized carbons (Fsp3) is 0.231. The van der Waals surface area contributed by atoms with Crippen LogP contribution in [0.15, 0.2) is 60.8 Å². The Kier molecular flexibility index (Phi) is 5.92. The lowest BCUT2D eigenvalue weighted by Crippen LogP contribution is -2.11. The monoisotopic (exact) mass is 500 g/mol. The fourth-order valence-electron chi connectivity index (χ4n) is 4.47. The SMILES string of the molecule is O=C(O)c1c(Cl)c2cc(-c3ccc(C(F)(F)F)cn3)ccc2n1-c1ccc(OC2CCCC2)cc1. The van der Waals surface area contributed by atoms with Gasteiger partial charge in [0.1, 0.15) is 5.75 Å². The maximum Gasteiger partial charge on any atom is 0.417 e. The van der Waals surface area contributed by atoms with Crippen LogP contribution in [0.25, 0.3) is 27.8 Å². The third-order valence-corrected chi connectivity index (χ3v) is 6.58. The van der Waals surface area contributed by atoms with Crippen molar-refractivity contribution in [1.29, 1.82) is 0 Å². The molecule has 35 heavy (non-hydrogen) atoms. The highest BCUT2D eigenvalue weighted by molar-refractivity contribution is 6.38. The molecule has 0 unspecified atom stereocenters. The number of carbonyl (C=O) groups is 1. The smallest absolute Gasteiger partial charge is 0.417 e. The quantitative estimate of drug-likeness (QED) is 0.310. The highest BCUT2D eigenvalue weighted by Gasteiger charge is 2.31. The first-order valence-corrected chi connectivity index (χ1v) is 11.5. The van der Waals surface area contributed by atoms with Crippen LogP contribution >= 0.6 is 11.6 Å². The van der Waals surface area contributed by atoms with E-state index in [0.717, 1.165) is 43.7 Å². The molecule has 1 aliphatic carbocycles. The molecule has 4 aromatic rings. The van der Waals surface area contributed by atoms with Crippen LogP contribution in [-0.2, 0) is 6.18 Å². The van der Waals surface area contributed by atoms with Crippen molar-refractivity contribution in [3.8, 4) is 22.7 Å².